The zero-order valence-corrected chi connectivity index (χ0v) is 14.4. The number of nitrogens with one attached hydrogen (secondary N) is 2. The van der Waals surface area contributed by atoms with Gasteiger partial charge < -0.3 is 15.4 Å². The molecule has 0 bridgehead atoms. The number of hydrogen-bond acceptors (Lipinski definition) is 4. The molecular formula is C16H19ClN2O3S. The van der Waals surface area contributed by atoms with Crippen molar-refractivity contribution in [2.75, 3.05) is 18.1 Å². The third-order valence-electron chi connectivity index (χ3n) is 3.41. The molecule has 1 saturated heterocycles. The van der Waals surface area contributed by atoms with Crippen molar-refractivity contribution in [2.45, 2.75) is 13.0 Å². The SMILES string of the molecule is C=C1NC(=O)N[C@@H](c2cccc(Cl)c2)[C@@H]1C(=O)OCCSCC. The Morgan fingerprint density at radius 3 is 2.96 bits per heavy atom. The lowest BCUT2D eigenvalue weighted by Crippen LogP contribution is -2.51. The van der Waals surface area contributed by atoms with E-state index in [-0.39, 0.29) is 0 Å². The van der Waals surface area contributed by atoms with Gasteiger partial charge in [0.25, 0.3) is 0 Å². The quantitative estimate of drug-likeness (QED) is 0.608. The van der Waals surface area contributed by atoms with E-state index in [0.29, 0.717) is 17.3 Å². The number of urea groups is 1. The van der Waals surface area contributed by atoms with Gasteiger partial charge in [-0.3, -0.25) is 4.79 Å². The molecule has 0 aliphatic carbocycles. The second-order valence-electron chi connectivity index (χ2n) is 5.00. The van der Waals surface area contributed by atoms with Crippen LogP contribution >= 0.6 is 23.4 Å². The van der Waals surface area contributed by atoms with Gasteiger partial charge in [0.1, 0.15) is 12.5 Å². The molecule has 2 N–H and O–H groups in total. The van der Waals surface area contributed by atoms with Crippen LogP contribution in [0.2, 0.25) is 5.02 Å². The summed E-state index contributed by atoms with van der Waals surface area (Å²) in [5, 5.41) is 5.82. The summed E-state index contributed by atoms with van der Waals surface area (Å²) in [6.07, 6.45) is 0. The lowest BCUT2D eigenvalue weighted by Gasteiger charge is -2.33. The van der Waals surface area contributed by atoms with Gasteiger partial charge in [-0.15, -0.1) is 0 Å². The van der Waals surface area contributed by atoms with E-state index >= 15 is 0 Å². The molecule has 124 valence electrons. The minimum atomic E-state index is -0.696. The van der Waals surface area contributed by atoms with Crippen LogP contribution in [0.4, 0.5) is 4.79 Å². The highest BCUT2D eigenvalue weighted by molar-refractivity contribution is 7.99. The molecule has 1 aliphatic rings. The van der Waals surface area contributed by atoms with E-state index in [1.54, 1.807) is 30.0 Å². The summed E-state index contributed by atoms with van der Waals surface area (Å²) in [6.45, 7) is 6.18. The Morgan fingerprint density at radius 1 is 1.48 bits per heavy atom. The lowest BCUT2D eigenvalue weighted by molar-refractivity contribution is -0.147. The van der Waals surface area contributed by atoms with Crippen molar-refractivity contribution in [1.29, 1.82) is 0 Å². The van der Waals surface area contributed by atoms with E-state index in [9.17, 15) is 9.59 Å². The summed E-state index contributed by atoms with van der Waals surface area (Å²) in [4.78, 5) is 24.2. The average molecular weight is 355 g/mol. The van der Waals surface area contributed by atoms with E-state index in [0.717, 1.165) is 17.1 Å². The van der Waals surface area contributed by atoms with E-state index in [1.165, 1.54) is 0 Å². The number of halogens is 1. The van der Waals surface area contributed by atoms with Crippen molar-refractivity contribution < 1.29 is 14.3 Å². The maximum Gasteiger partial charge on any atom is 0.319 e. The summed E-state index contributed by atoms with van der Waals surface area (Å²) >= 11 is 7.71. The van der Waals surface area contributed by atoms with Crippen LogP contribution in [0.3, 0.4) is 0 Å². The van der Waals surface area contributed by atoms with E-state index in [2.05, 4.69) is 17.2 Å². The molecule has 2 rings (SSSR count). The Morgan fingerprint density at radius 2 is 2.26 bits per heavy atom. The van der Waals surface area contributed by atoms with Gasteiger partial charge in [0.2, 0.25) is 0 Å². The molecule has 2 amide bonds. The topological polar surface area (TPSA) is 67.4 Å². The Bertz CT molecular complexity index is 609. The summed E-state index contributed by atoms with van der Waals surface area (Å²) in [7, 11) is 0. The van der Waals surface area contributed by atoms with Gasteiger partial charge >= 0.3 is 12.0 Å². The first-order chi connectivity index (χ1) is 11.0. The highest BCUT2D eigenvalue weighted by Crippen LogP contribution is 2.31. The maximum absolute atomic E-state index is 12.4. The molecule has 1 heterocycles. The number of carbonyl (C=O) groups excluding carboxylic acids is 2. The number of thioether (sulfide) groups is 1. The summed E-state index contributed by atoms with van der Waals surface area (Å²) in [5.41, 5.74) is 1.06. The zero-order valence-electron chi connectivity index (χ0n) is 12.8. The van der Waals surface area contributed by atoms with Gasteiger partial charge in [0, 0.05) is 16.5 Å². The van der Waals surface area contributed by atoms with Gasteiger partial charge in [0.05, 0.1) is 6.04 Å². The van der Waals surface area contributed by atoms with Crippen LogP contribution in [0.5, 0.6) is 0 Å². The van der Waals surface area contributed by atoms with Crippen molar-refractivity contribution >= 4 is 35.4 Å². The predicted molar refractivity (Wildman–Crippen MR) is 92.4 cm³/mol. The second-order valence-corrected chi connectivity index (χ2v) is 6.83. The first-order valence-corrected chi connectivity index (χ1v) is 8.82. The van der Waals surface area contributed by atoms with E-state index in [1.807, 2.05) is 13.0 Å². The first-order valence-electron chi connectivity index (χ1n) is 7.29. The Labute approximate surface area is 144 Å². The highest BCUT2D eigenvalue weighted by atomic mass is 35.5. The fraction of sp³-hybridized carbons (Fsp3) is 0.375. The summed E-state index contributed by atoms with van der Waals surface area (Å²) < 4.78 is 5.33. The van der Waals surface area contributed by atoms with Crippen LogP contribution in [0.15, 0.2) is 36.5 Å². The number of carbonyl (C=O) groups is 2. The summed E-state index contributed by atoms with van der Waals surface area (Å²) in [6, 6.07) is 6.08. The minimum absolute atomic E-state index is 0.326. The number of hydrogen-bond donors (Lipinski definition) is 2. The van der Waals surface area contributed by atoms with Crippen molar-refractivity contribution in [3.8, 4) is 0 Å². The molecule has 0 spiro atoms. The molecule has 2 atom stereocenters. The Hall–Kier alpha value is -1.66. The highest BCUT2D eigenvalue weighted by Gasteiger charge is 2.38. The van der Waals surface area contributed by atoms with E-state index < -0.39 is 24.0 Å². The number of amides is 2. The number of benzene rings is 1. The van der Waals surface area contributed by atoms with Crippen molar-refractivity contribution in [2.24, 2.45) is 5.92 Å². The van der Waals surface area contributed by atoms with E-state index in [4.69, 9.17) is 16.3 Å². The van der Waals surface area contributed by atoms with Crippen LogP contribution in [0.1, 0.15) is 18.5 Å². The molecule has 23 heavy (non-hydrogen) atoms. The summed E-state index contributed by atoms with van der Waals surface area (Å²) in [5.74, 6) is 0.599. The largest absolute Gasteiger partial charge is 0.464 e. The Balaban J connectivity index is 2.16. The van der Waals surface area contributed by atoms with Crippen LogP contribution in [-0.4, -0.2) is 30.1 Å². The fourth-order valence-electron chi connectivity index (χ4n) is 2.37. The minimum Gasteiger partial charge on any atom is -0.464 e. The number of rotatable bonds is 6. The standard InChI is InChI=1S/C16H19ClN2O3S/c1-3-23-8-7-22-15(20)13-10(2)18-16(21)19-14(13)11-5-4-6-12(17)9-11/h4-6,9,13-14H,2-3,7-8H2,1H3,(H2,18,19,21)/t13-,14+/m1/s1. The Kier molecular flexibility index (Phi) is 6.36. The van der Waals surface area contributed by atoms with Crippen LogP contribution < -0.4 is 10.6 Å². The van der Waals surface area contributed by atoms with Gasteiger partial charge in [-0.25, -0.2) is 4.79 Å². The maximum atomic E-state index is 12.4. The molecular weight excluding hydrogens is 336 g/mol. The van der Waals surface area contributed by atoms with Gasteiger partial charge in [0.15, 0.2) is 0 Å². The monoisotopic (exact) mass is 354 g/mol. The third-order valence-corrected chi connectivity index (χ3v) is 4.51. The first kappa shape index (κ1) is 17.7. The molecule has 0 saturated carbocycles. The molecule has 1 aliphatic heterocycles. The second kappa shape index (κ2) is 8.26. The normalized spacial score (nSPS) is 20.6. The third kappa shape index (κ3) is 4.65. The number of esters is 1. The van der Waals surface area contributed by atoms with Crippen molar-refractivity contribution in [3.63, 3.8) is 0 Å². The van der Waals surface area contributed by atoms with Crippen LogP contribution in [0.25, 0.3) is 0 Å². The predicted octanol–water partition coefficient (Wildman–Crippen LogP) is 3.12. The molecule has 0 radical (unpaired) electrons. The smallest absolute Gasteiger partial charge is 0.319 e. The molecule has 1 aromatic carbocycles. The fourth-order valence-corrected chi connectivity index (χ4v) is 3.06. The molecule has 5 nitrogen and oxygen atoms in total. The molecule has 1 fully saturated rings. The van der Waals surface area contributed by atoms with Crippen LogP contribution in [-0.2, 0) is 9.53 Å². The molecule has 0 aromatic heterocycles. The van der Waals surface area contributed by atoms with Gasteiger partial charge in [-0.05, 0) is 23.4 Å². The molecule has 7 heteroatoms. The van der Waals surface area contributed by atoms with Gasteiger partial charge in [-0.2, -0.15) is 11.8 Å². The number of ether oxygens (including phenoxy) is 1. The zero-order chi connectivity index (χ0) is 16.8. The molecule has 0 unspecified atom stereocenters. The van der Waals surface area contributed by atoms with Crippen molar-refractivity contribution in [1.82, 2.24) is 10.6 Å². The average Bonchev–Trinajstić information content (AvgIpc) is 2.50. The molecule has 1 aromatic rings. The van der Waals surface area contributed by atoms with Gasteiger partial charge in [-0.1, -0.05) is 37.2 Å². The van der Waals surface area contributed by atoms with Crippen molar-refractivity contribution in [3.05, 3.63) is 47.1 Å². The van der Waals surface area contributed by atoms with Crippen LogP contribution in [0, 0.1) is 5.92 Å². The lowest BCUT2D eigenvalue weighted by atomic mass is 9.89.